The highest BCUT2D eigenvalue weighted by molar-refractivity contribution is 8.18. The van der Waals surface area contributed by atoms with E-state index in [2.05, 4.69) is 0 Å². The lowest BCUT2D eigenvalue weighted by atomic mass is 10.1. The molecule has 0 amide bonds. The largest absolute Gasteiger partial charge is 0.496 e. The Morgan fingerprint density at radius 2 is 2.00 bits per heavy atom. The molecule has 0 bridgehead atoms. The van der Waals surface area contributed by atoms with Crippen LogP contribution in [-0.4, -0.2) is 42.3 Å². The first-order valence-electron chi connectivity index (χ1n) is 7.03. The number of Topliss-reactive ketones (excluding diaryl/α,β-unsaturated/α-hetero) is 1. The van der Waals surface area contributed by atoms with Crippen molar-refractivity contribution in [1.29, 1.82) is 0 Å². The third kappa shape index (κ3) is 8.32. The van der Waals surface area contributed by atoms with Gasteiger partial charge < -0.3 is 0 Å². The molecule has 0 N–H and O–H groups in total. The summed E-state index contributed by atoms with van der Waals surface area (Å²) in [4.78, 5) is 11.3. The zero-order chi connectivity index (χ0) is 14.8. The molecule has 0 atom stereocenters. The topological polar surface area (TPSA) is 62.5 Å². The van der Waals surface area contributed by atoms with Crippen molar-refractivity contribution in [3.05, 3.63) is 0 Å². The molecule has 116 valence electrons. The van der Waals surface area contributed by atoms with E-state index in [-0.39, 0.29) is 11.5 Å². The molecule has 0 radical (unpaired) electrons. The molecule has 1 aliphatic rings. The smallest absolute Gasteiger partial charge is 0.300 e. The highest BCUT2D eigenvalue weighted by atomic mass is 32.2. The Morgan fingerprint density at radius 1 is 1.20 bits per heavy atom. The van der Waals surface area contributed by atoms with Crippen molar-refractivity contribution in [3.8, 4) is 0 Å². The Labute approximate surface area is 130 Å². The SMILES string of the molecule is CCCC(=O)CCCCCS(=O)(=O)[O+]=C1CSCCS1. The molecule has 4 nitrogen and oxygen atoms in total. The number of ketones is 1. The predicted molar refractivity (Wildman–Crippen MR) is 87.0 cm³/mol. The molecule has 1 heterocycles. The maximum absolute atomic E-state index is 11.8. The molecular formula is C13H23O4S3+. The van der Waals surface area contributed by atoms with Gasteiger partial charge in [0.2, 0.25) is 0 Å². The van der Waals surface area contributed by atoms with E-state index in [1.165, 1.54) is 11.8 Å². The molecule has 0 aromatic rings. The number of hydrogen-bond acceptors (Lipinski definition) is 5. The molecule has 0 aliphatic carbocycles. The van der Waals surface area contributed by atoms with Crippen LogP contribution in [0.1, 0.15) is 45.4 Å². The Kier molecular flexibility index (Phi) is 8.88. The van der Waals surface area contributed by atoms with Crippen LogP contribution in [0.3, 0.4) is 0 Å². The monoisotopic (exact) mass is 339 g/mol. The third-order valence-electron chi connectivity index (χ3n) is 2.81. The molecule has 0 spiro atoms. The highest BCUT2D eigenvalue weighted by Gasteiger charge is 2.27. The minimum Gasteiger partial charge on any atom is -0.300 e. The zero-order valence-electron chi connectivity index (χ0n) is 11.9. The van der Waals surface area contributed by atoms with Crippen molar-refractivity contribution in [2.75, 3.05) is 23.0 Å². The van der Waals surface area contributed by atoms with Gasteiger partial charge in [0, 0.05) is 24.3 Å². The predicted octanol–water partition coefficient (Wildman–Crippen LogP) is 2.79. The molecular weight excluding hydrogens is 316 g/mol. The lowest BCUT2D eigenvalue weighted by Gasteiger charge is -2.02. The minimum absolute atomic E-state index is 0.0453. The standard InChI is InChI=1S/C13H23O4S3/c1-2-6-12(14)7-4-3-5-10-20(15,16)17-13-11-18-8-9-19-13/h2-11H2,1H3/q+1. The molecule has 0 aromatic heterocycles. The van der Waals surface area contributed by atoms with Crippen LogP contribution in [0.25, 0.3) is 0 Å². The van der Waals surface area contributed by atoms with Crippen LogP contribution in [0.15, 0.2) is 0 Å². The van der Waals surface area contributed by atoms with Crippen molar-refractivity contribution in [3.63, 3.8) is 0 Å². The Morgan fingerprint density at radius 3 is 2.65 bits per heavy atom. The fourth-order valence-electron chi connectivity index (χ4n) is 1.82. The van der Waals surface area contributed by atoms with Crippen LogP contribution in [0, 0.1) is 0 Å². The van der Waals surface area contributed by atoms with Crippen molar-refractivity contribution >= 4 is 44.5 Å². The van der Waals surface area contributed by atoms with E-state index in [0.717, 1.165) is 30.8 Å². The first kappa shape index (κ1) is 18.0. The Balaban J connectivity index is 2.21. The third-order valence-corrected chi connectivity index (χ3v) is 6.52. The van der Waals surface area contributed by atoms with Gasteiger partial charge in [0.25, 0.3) is 0 Å². The van der Waals surface area contributed by atoms with Gasteiger partial charge in [-0.15, -0.1) is 24.1 Å². The normalized spacial score (nSPS) is 18.4. The van der Waals surface area contributed by atoms with Gasteiger partial charge in [0.1, 0.15) is 17.3 Å². The van der Waals surface area contributed by atoms with Crippen LogP contribution >= 0.6 is 23.5 Å². The summed E-state index contributed by atoms with van der Waals surface area (Å²) in [5, 5.41) is 0.611. The maximum Gasteiger partial charge on any atom is 0.496 e. The van der Waals surface area contributed by atoms with Gasteiger partial charge in [-0.1, -0.05) is 13.3 Å². The molecule has 20 heavy (non-hydrogen) atoms. The lowest BCUT2D eigenvalue weighted by Crippen LogP contribution is -2.15. The van der Waals surface area contributed by atoms with Crippen molar-refractivity contribution < 1.29 is 17.1 Å². The van der Waals surface area contributed by atoms with E-state index in [1.54, 1.807) is 11.8 Å². The molecule has 1 aliphatic heterocycles. The Hall–Kier alpha value is -0.0100. The van der Waals surface area contributed by atoms with Crippen LogP contribution < -0.4 is 0 Å². The second kappa shape index (κ2) is 9.84. The van der Waals surface area contributed by atoms with Crippen LogP contribution in [0.2, 0.25) is 0 Å². The average molecular weight is 340 g/mol. The number of carbonyl (C=O) groups is 1. The van der Waals surface area contributed by atoms with E-state index >= 15 is 0 Å². The zero-order valence-corrected chi connectivity index (χ0v) is 14.4. The van der Waals surface area contributed by atoms with Crippen LogP contribution in [0.5, 0.6) is 0 Å². The first-order valence-corrected chi connectivity index (χ1v) is 10.8. The second-order valence-electron chi connectivity index (χ2n) is 4.72. The van der Waals surface area contributed by atoms with Crippen LogP contribution in [0.4, 0.5) is 0 Å². The first-order chi connectivity index (χ1) is 9.53. The summed E-state index contributed by atoms with van der Waals surface area (Å²) in [6.07, 6.45) is 4.18. The summed E-state index contributed by atoms with van der Waals surface area (Å²) in [6, 6.07) is 0. The number of rotatable bonds is 9. The molecule has 1 rings (SSSR count). The van der Waals surface area contributed by atoms with E-state index in [9.17, 15) is 13.2 Å². The molecule has 7 heteroatoms. The molecule has 0 aromatic carbocycles. The fraction of sp³-hybridized carbons (Fsp3) is 0.846. The van der Waals surface area contributed by atoms with Gasteiger partial charge in [-0.2, -0.15) is 0 Å². The van der Waals surface area contributed by atoms with Gasteiger partial charge in [-0.3, -0.25) is 4.79 Å². The number of carbonyl (C=O) groups excluding carboxylic acids is 2. The lowest BCUT2D eigenvalue weighted by molar-refractivity contribution is -0.263. The van der Waals surface area contributed by atoms with E-state index in [1.807, 2.05) is 6.92 Å². The maximum atomic E-state index is 11.8. The Bertz CT molecular complexity index is 421. The van der Waals surface area contributed by atoms with Crippen molar-refractivity contribution in [1.82, 2.24) is 0 Å². The quantitative estimate of drug-likeness (QED) is 0.477. The van der Waals surface area contributed by atoms with Crippen molar-refractivity contribution in [2.45, 2.75) is 45.4 Å². The van der Waals surface area contributed by atoms with Gasteiger partial charge in [-0.05, 0) is 31.0 Å². The minimum atomic E-state index is -3.45. The molecule has 0 unspecified atom stereocenters. The van der Waals surface area contributed by atoms with Gasteiger partial charge in [-0.25, -0.2) is 0 Å². The fourth-order valence-corrected chi connectivity index (χ4v) is 5.37. The van der Waals surface area contributed by atoms with Gasteiger partial charge in [0.15, 0.2) is 0 Å². The molecule has 1 saturated heterocycles. The summed E-state index contributed by atoms with van der Waals surface area (Å²) < 4.78 is 28.6. The summed E-state index contributed by atoms with van der Waals surface area (Å²) in [5.41, 5.74) is 0. The number of thioether (sulfide) groups is 2. The van der Waals surface area contributed by atoms with Crippen LogP contribution in [-0.2, 0) is 18.8 Å². The van der Waals surface area contributed by atoms with Gasteiger partial charge in [0.05, 0.1) is 0 Å². The number of hydrogen-bond donors (Lipinski definition) is 0. The van der Waals surface area contributed by atoms with E-state index < -0.39 is 10.1 Å². The average Bonchev–Trinajstić information content (AvgIpc) is 2.39. The highest BCUT2D eigenvalue weighted by Crippen LogP contribution is 2.19. The van der Waals surface area contributed by atoms with E-state index in [4.69, 9.17) is 3.87 Å². The number of unbranched alkanes of at least 4 members (excludes halogenated alkanes) is 2. The van der Waals surface area contributed by atoms with Gasteiger partial charge >= 0.3 is 15.2 Å². The summed E-state index contributed by atoms with van der Waals surface area (Å²) in [7, 11) is -3.45. The molecule has 1 fully saturated rings. The summed E-state index contributed by atoms with van der Waals surface area (Å²) in [6.45, 7) is 1.99. The molecule has 0 saturated carbocycles. The summed E-state index contributed by atoms with van der Waals surface area (Å²) in [5.74, 6) is 2.94. The van der Waals surface area contributed by atoms with Crippen molar-refractivity contribution in [2.24, 2.45) is 0 Å². The second-order valence-corrected chi connectivity index (χ2v) is 8.67. The summed E-state index contributed by atoms with van der Waals surface area (Å²) >= 11 is 3.19. The van der Waals surface area contributed by atoms with E-state index in [0.29, 0.717) is 30.1 Å².